The normalized spacial score (nSPS) is 20.7. The van der Waals surface area contributed by atoms with E-state index in [1.807, 2.05) is 25.1 Å². The van der Waals surface area contributed by atoms with Gasteiger partial charge in [-0.25, -0.2) is 0 Å². The van der Waals surface area contributed by atoms with Crippen LogP contribution in [0.3, 0.4) is 0 Å². The molecule has 0 spiro atoms. The highest BCUT2D eigenvalue weighted by molar-refractivity contribution is 5.88. The van der Waals surface area contributed by atoms with Crippen molar-refractivity contribution in [3.8, 4) is 0 Å². The highest BCUT2D eigenvalue weighted by atomic mass is 16.3. The summed E-state index contributed by atoms with van der Waals surface area (Å²) in [5, 5.41) is 13.1. The molecule has 0 aliphatic heterocycles. The minimum atomic E-state index is -0.0193. The number of aryl methyl sites for hydroxylation is 2. The minimum absolute atomic E-state index is 0.0193. The van der Waals surface area contributed by atoms with Crippen LogP contribution in [0, 0.1) is 19.8 Å². The van der Waals surface area contributed by atoms with Crippen molar-refractivity contribution in [2.75, 3.05) is 6.61 Å². The Morgan fingerprint density at radius 2 is 2.09 bits per heavy atom. The number of aliphatic hydroxyl groups excluding tert-OH is 1. The molecule has 0 bridgehead atoms. The van der Waals surface area contributed by atoms with Gasteiger partial charge >= 0.3 is 0 Å². The fourth-order valence-electron chi connectivity index (χ4n) is 2.92. The molecule has 1 heterocycles. The molecule has 1 aliphatic rings. The van der Waals surface area contributed by atoms with E-state index in [-0.39, 0.29) is 24.5 Å². The number of carbonyl (C=O) groups excluding carboxylic acids is 1. The van der Waals surface area contributed by atoms with Crippen LogP contribution >= 0.6 is 0 Å². The third-order valence-electron chi connectivity index (χ3n) is 4.37. The van der Waals surface area contributed by atoms with Crippen molar-refractivity contribution in [3.63, 3.8) is 0 Å². The summed E-state index contributed by atoms with van der Waals surface area (Å²) < 4.78 is 5.56. The maximum absolute atomic E-state index is 12.2. The second kappa shape index (κ2) is 5.97. The van der Waals surface area contributed by atoms with Gasteiger partial charge in [0.2, 0.25) is 5.91 Å². The van der Waals surface area contributed by atoms with Gasteiger partial charge in [-0.2, -0.15) is 0 Å². The summed E-state index contributed by atoms with van der Waals surface area (Å²) in [6, 6.07) is 4.11. The van der Waals surface area contributed by atoms with Gasteiger partial charge in [0.1, 0.15) is 5.58 Å². The topological polar surface area (TPSA) is 62.5 Å². The molecule has 0 saturated heterocycles. The maximum Gasteiger partial charge on any atom is 0.225 e. The molecule has 3 rings (SSSR count). The van der Waals surface area contributed by atoms with Crippen molar-refractivity contribution in [1.29, 1.82) is 0 Å². The lowest BCUT2D eigenvalue weighted by molar-refractivity contribution is -0.120. The van der Waals surface area contributed by atoms with E-state index in [9.17, 15) is 4.79 Å². The van der Waals surface area contributed by atoms with Crippen LogP contribution in [0.1, 0.15) is 23.1 Å². The zero-order valence-corrected chi connectivity index (χ0v) is 12.9. The van der Waals surface area contributed by atoms with Crippen LogP contribution in [0.15, 0.2) is 35.0 Å². The van der Waals surface area contributed by atoms with Gasteiger partial charge in [-0.1, -0.05) is 12.2 Å². The number of furan rings is 1. The molecule has 2 N–H and O–H groups in total. The first-order valence-electron chi connectivity index (χ1n) is 7.62. The lowest BCUT2D eigenvalue weighted by Crippen LogP contribution is -2.34. The first-order chi connectivity index (χ1) is 10.6. The summed E-state index contributed by atoms with van der Waals surface area (Å²) >= 11 is 0. The zero-order valence-electron chi connectivity index (χ0n) is 12.9. The third-order valence-corrected chi connectivity index (χ3v) is 4.37. The molecule has 0 fully saturated rings. The van der Waals surface area contributed by atoms with Crippen LogP contribution in [-0.4, -0.2) is 23.7 Å². The Morgan fingerprint density at radius 3 is 2.82 bits per heavy atom. The van der Waals surface area contributed by atoms with Gasteiger partial charge in [0.05, 0.1) is 12.7 Å². The predicted molar refractivity (Wildman–Crippen MR) is 85.7 cm³/mol. The van der Waals surface area contributed by atoms with Crippen molar-refractivity contribution in [1.82, 2.24) is 5.32 Å². The minimum Gasteiger partial charge on any atom is -0.464 e. The molecule has 0 saturated carbocycles. The molecule has 1 amide bonds. The number of hydrogen-bond acceptors (Lipinski definition) is 3. The van der Waals surface area contributed by atoms with Gasteiger partial charge in [0.15, 0.2) is 0 Å². The van der Waals surface area contributed by atoms with Gasteiger partial charge in [0.25, 0.3) is 0 Å². The molecule has 2 aromatic rings. The van der Waals surface area contributed by atoms with Crippen LogP contribution in [0.2, 0.25) is 0 Å². The molecule has 1 aliphatic carbocycles. The molecular formula is C18H21NO3. The fraction of sp³-hybridized carbons (Fsp3) is 0.389. The molecule has 4 heteroatoms. The molecule has 22 heavy (non-hydrogen) atoms. The van der Waals surface area contributed by atoms with Gasteiger partial charge in [-0.3, -0.25) is 4.79 Å². The number of rotatable bonds is 4. The highest BCUT2D eigenvalue weighted by Crippen LogP contribution is 2.25. The molecule has 0 unspecified atom stereocenters. The second-order valence-electron chi connectivity index (χ2n) is 6.11. The Bertz CT molecular complexity index is 729. The predicted octanol–water partition coefficient (Wildman–Crippen LogP) is 2.65. The molecule has 0 radical (unpaired) electrons. The Balaban J connectivity index is 1.69. The Labute approximate surface area is 129 Å². The molecule has 2 atom stereocenters. The van der Waals surface area contributed by atoms with Crippen molar-refractivity contribution in [2.24, 2.45) is 5.92 Å². The number of carbonyl (C=O) groups is 1. The van der Waals surface area contributed by atoms with Crippen LogP contribution in [-0.2, 0) is 11.2 Å². The summed E-state index contributed by atoms with van der Waals surface area (Å²) in [6.07, 6.45) is 6.67. The summed E-state index contributed by atoms with van der Waals surface area (Å²) in [5.41, 5.74) is 4.12. The second-order valence-corrected chi connectivity index (χ2v) is 6.11. The summed E-state index contributed by atoms with van der Waals surface area (Å²) in [6.45, 7) is 4.24. The molecule has 116 valence electrons. The van der Waals surface area contributed by atoms with Crippen LogP contribution in [0.4, 0.5) is 0 Å². The monoisotopic (exact) mass is 299 g/mol. The largest absolute Gasteiger partial charge is 0.464 e. The Kier molecular flexibility index (Phi) is 4.03. The van der Waals surface area contributed by atoms with E-state index in [0.717, 1.165) is 23.0 Å². The molecule has 1 aromatic heterocycles. The Morgan fingerprint density at radius 1 is 1.32 bits per heavy atom. The van der Waals surface area contributed by atoms with E-state index in [1.54, 1.807) is 6.26 Å². The maximum atomic E-state index is 12.2. The Hall–Kier alpha value is -2.07. The number of nitrogens with one attached hydrogen (secondary N) is 1. The van der Waals surface area contributed by atoms with E-state index < -0.39 is 0 Å². The van der Waals surface area contributed by atoms with Crippen LogP contribution in [0.5, 0.6) is 0 Å². The standard InChI is InChI=1S/C18H21NO3/c1-11-5-16-14(10-22-17(16)6-12(11)2)8-18(21)19-15-4-3-13(7-15)9-20/h3-6,10,13,15,20H,7-9H2,1-2H3,(H,19,21)/t13-,15+/m0/s1. The summed E-state index contributed by atoms with van der Waals surface area (Å²) in [4.78, 5) is 12.2. The van der Waals surface area contributed by atoms with E-state index in [4.69, 9.17) is 9.52 Å². The number of fused-ring (bicyclic) bond motifs is 1. The number of aliphatic hydroxyl groups is 1. The number of hydrogen-bond donors (Lipinski definition) is 2. The van der Waals surface area contributed by atoms with Gasteiger partial charge in [0, 0.05) is 29.5 Å². The SMILES string of the molecule is Cc1cc2occ(CC(=O)N[C@@H]3C=C[C@H](CO)C3)c2cc1C. The number of benzene rings is 1. The van der Waals surface area contributed by atoms with Gasteiger partial charge in [-0.05, 0) is 43.5 Å². The average Bonchev–Trinajstić information content (AvgIpc) is 3.08. The summed E-state index contributed by atoms with van der Waals surface area (Å²) in [7, 11) is 0. The lowest BCUT2D eigenvalue weighted by atomic mass is 10.0. The third kappa shape index (κ3) is 2.92. The van der Waals surface area contributed by atoms with E-state index >= 15 is 0 Å². The van der Waals surface area contributed by atoms with E-state index in [0.29, 0.717) is 6.42 Å². The quantitative estimate of drug-likeness (QED) is 0.853. The number of amides is 1. The van der Waals surface area contributed by atoms with Crippen molar-refractivity contribution < 1.29 is 14.3 Å². The van der Waals surface area contributed by atoms with E-state index in [2.05, 4.69) is 18.3 Å². The van der Waals surface area contributed by atoms with Crippen molar-refractivity contribution >= 4 is 16.9 Å². The van der Waals surface area contributed by atoms with Crippen LogP contribution in [0.25, 0.3) is 11.0 Å². The average molecular weight is 299 g/mol. The smallest absolute Gasteiger partial charge is 0.225 e. The summed E-state index contributed by atoms with van der Waals surface area (Å²) in [5.74, 6) is 0.139. The van der Waals surface area contributed by atoms with Gasteiger partial charge < -0.3 is 14.8 Å². The molecule has 1 aromatic carbocycles. The lowest BCUT2D eigenvalue weighted by Gasteiger charge is -2.12. The first-order valence-corrected chi connectivity index (χ1v) is 7.62. The van der Waals surface area contributed by atoms with E-state index in [1.165, 1.54) is 11.1 Å². The highest BCUT2D eigenvalue weighted by Gasteiger charge is 2.20. The van der Waals surface area contributed by atoms with Crippen LogP contribution < -0.4 is 5.32 Å². The first kappa shape index (κ1) is 14.9. The van der Waals surface area contributed by atoms with Gasteiger partial charge in [-0.15, -0.1) is 0 Å². The zero-order chi connectivity index (χ0) is 15.7. The fourth-order valence-corrected chi connectivity index (χ4v) is 2.92. The molecular weight excluding hydrogens is 278 g/mol. The molecule has 4 nitrogen and oxygen atoms in total. The van der Waals surface area contributed by atoms with Crippen molar-refractivity contribution in [2.45, 2.75) is 32.7 Å². The van der Waals surface area contributed by atoms with Crippen molar-refractivity contribution in [3.05, 3.63) is 47.2 Å².